The van der Waals surface area contributed by atoms with Crippen molar-refractivity contribution in [1.29, 1.82) is 0 Å². The number of thiophene rings is 1. The molecule has 1 aliphatic rings. The van der Waals surface area contributed by atoms with Gasteiger partial charge in [0.1, 0.15) is 11.6 Å². The molecule has 0 atom stereocenters. The lowest BCUT2D eigenvalue weighted by Crippen LogP contribution is -2.14. The molecule has 0 bridgehead atoms. The molecule has 1 amide bonds. The molecule has 4 rings (SSSR count). The van der Waals surface area contributed by atoms with Gasteiger partial charge in [-0.15, -0.1) is 11.3 Å². The van der Waals surface area contributed by atoms with Crippen molar-refractivity contribution in [3.8, 4) is 11.5 Å². The largest absolute Gasteiger partial charge is 0.490 e. The van der Waals surface area contributed by atoms with Crippen LogP contribution < -0.4 is 14.8 Å². The molecule has 6 heteroatoms. The topological polar surface area (TPSA) is 59.9 Å². The van der Waals surface area contributed by atoms with Crippen molar-refractivity contribution in [1.82, 2.24) is 0 Å². The van der Waals surface area contributed by atoms with Gasteiger partial charge >= 0.3 is 0 Å². The molecule has 0 unspecified atom stereocenters. The summed E-state index contributed by atoms with van der Waals surface area (Å²) in [4.78, 5) is 19.5. The van der Waals surface area contributed by atoms with Crippen molar-refractivity contribution in [2.75, 3.05) is 18.5 Å². The summed E-state index contributed by atoms with van der Waals surface area (Å²) in [6, 6.07) is 15.3. The van der Waals surface area contributed by atoms with Gasteiger partial charge in [0.25, 0.3) is 5.91 Å². The summed E-state index contributed by atoms with van der Waals surface area (Å²) < 4.78 is 11.5. The van der Waals surface area contributed by atoms with Crippen molar-refractivity contribution in [3.63, 3.8) is 0 Å². The maximum absolute atomic E-state index is 13.4. The van der Waals surface area contributed by atoms with Gasteiger partial charge < -0.3 is 14.8 Å². The zero-order valence-electron chi connectivity index (χ0n) is 20.2. The Morgan fingerprint density at radius 2 is 1.86 bits per heavy atom. The summed E-state index contributed by atoms with van der Waals surface area (Å²) in [6.45, 7) is 6.59. The molecule has 0 fully saturated rings. The molecule has 0 saturated carbocycles. The number of hydrogen-bond donors (Lipinski definition) is 1. The SMILES string of the molecule is C=CCOc1ccc(C=Nc2sc3c(c2C(=O)Nc2ccccc2)CCCCCC3)cc1OCC. The van der Waals surface area contributed by atoms with Gasteiger partial charge in [0.05, 0.1) is 12.2 Å². The lowest BCUT2D eigenvalue weighted by molar-refractivity contribution is 0.102. The van der Waals surface area contributed by atoms with Gasteiger partial charge in [0.15, 0.2) is 11.5 Å². The highest BCUT2D eigenvalue weighted by atomic mass is 32.1. The van der Waals surface area contributed by atoms with Crippen LogP contribution in [0.2, 0.25) is 0 Å². The Kier molecular flexibility index (Phi) is 8.74. The lowest BCUT2D eigenvalue weighted by Gasteiger charge is -2.12. The Morgan fingerprint density at radius 3 is 2.63 bits per heavy atom. The van der Waals surface area contributed by atoms with E-state index in [4.69, 9.17) is 14.5 Å². The van der Waals surface area contributed by atoms with Crippen molar-refractivity contribution in [3.05, 3.63) is 82.8 Å². The average Bonchev–Trinajstić information content (AvgIpc) is 3.19. The molecular formula is C29H32N2O3S. The van der Waals surface area contributed by atoms with E-state index in [2.05, 4.69) is 11.9 Å². The van der Waals surface area contributed by atoms with Crippen LogP contribution >= 0.6 is 11.3 Å². The Balaban J connectivity index is 1.66. The van der Waals surface area contributed by atoms with E-state index in [9.17, 15) is 4.79 Å². The van der Waals surface area contributed by atoms with E-state index >= 15 is 0 Å². The quantitative estimate of drug-likeness (QED) is 0.253. The fourth-order valence-electron chi connectivity index (χ4n) is 4.22. The highest BCUT2D eigenvalue weighted by Gasteiger charge is 2.24. The van der Waals surface area contributed by atoms with Crippen LogP contribution in [0.5, 0.6) is 11.5 Å². The summed E-state index contributed by atoms with van der Waals surface area (Å²) in [5.74, 6) is 1.24. The lowest BCUT2D eigenvalue weighted by atomic mass is 9.96. The number of nitrogens with one attached hydrogen (secondary N) is 1. The van der Waals surface area contributed by atoms with E-state index in [1.165, 1.54) is 23.3 Å². The molecule has 3 aromatic rings. The monoisotopic (exact) mass is 488 g/mol. The number of para-hydroxylation sites is 1. The minimum Gasteiger partial charge on any atom is -0.490 e. The first-order valence-electron chi connectivity index (χ1n) is 12.2. The molecule has 1 N–H and O–H groups in total. The summed E-state index contributed by atoms with van der Waals surface area (Å²) in [7, 11) is 0. The third-order valence-electron chi connectivity index (χ3n) is 5.87. The first kappa shape index (κ1) is 24.7. The Labute approximate surface area is 211 Å². The first-order chi connectivity index (χ1) is 17.2. The second kappa shape index (κ2) is 12.4. The van der Waals surface area contributed by atoms with Gasteiger partial charge in [-0.2, -0.15) is 0 Å². The number of hydrogen-bond acceptors (Lipinski definition) is 5. The Bertz CT molecular complexity index is 1180. The molecule has 1 aromatic heterocycles. The summed E-state index contributed by atoms with van der Waals surface area (Å²) in [6.07, 6.45) is 10.1. The van der Waals surface area contributed by atoms with E-state index in [0.29, 0.717) is 30.3 Å². The van der Waals surface area contributed by atoms with Gasteiger partial charge in [0.2, 0.25) is 0 Å². The Morgan fingerprint density at radius 1 is 1.06 bits per heavy atom. The molecule has 0 radical (unpaired) electrons. The second-order valence-electron chi connectivity index (χ2n) is 8.42. The second-order valence-corrected chi connectivity index (χ2v) is 9.50. The minimum absolute atomic E-state index is 0.0930. The molecule has 0 saturated heterocycles. The predicted octanol–water partition coefficient (Wildman–Crippen LogP) is 7.37. The van der Waals surface area contributed by atoms with E-state index in [-0.39, 0.29) is 5.91 Å². The standard InChI is InChI=1S/C29H32N2O3S/c1-3-18-34-24-17-16-21(19-25(24)33-4-2)20-30-29-27(28(32)31-22-12-8-7-9-13-22)23-14-10-5-6-11-15-26(23)35-29/h3,7-9,12-13,16-17,19-20H,1,4-6,10-11,14-15,18H2,2H3,(H,31,32). The molecule has 182 valence electrons. The fraction of sp³-hybridized carbons (Fsp3) is 0.310. The molecule has 5 nitrogen and oxygen atoms in total. The van der Waals surface area contributed by atoms with Crippen LogP contribution in [0.3, 0.4) is 0 Å². The van der Waals surface area contributed by atoms with Gasteiger partial charge in [-0.3, -0.25) is 4.79 Å². The number of aryl methyl sites for hydroxylation is 1. The van der Waals surface area contributed by atoms with Crippen LogP contribution in [-0.4, -0.2) is 25.3 Å². The van der Waals surface area contributed by atoms with Crippen molar-refractivity contribution < 1.29 is 14.3 Å². The molecule has 1 aliphatic carbocycles. The van der Waals surface area contributed by atoms with Crippen molar-refractivity contribution in [2.45, 2.75) is 45.4 Å². The first-order valence-corrected chi connectivity index (χ1v) is 13.1. The summed E-state index contributed by atoms with van der Waals surface area (Å²) in [5, 5.41) is 3.83. The number of rotatable bonds is 9. The number of benzene rings is 2. The third-order valence-corrected chi connectivity index (χ3v) is 7.07. The van der Waals surface area contributed by atoms with Gasteiger partial charge in [-0.1, -0.05) is 43.7 Å². The van der Waals surface area contributed by atoms with E-state index in [0.717, 1.165) is 41.9 Å². The van der Waals surface area contributed by atoms with Crippen LogP contribution in [-0.2, 0) is 12.8 Å². The molecule has 1 heterocycles. The zero-order chi connectivity index (χ0) is 24.5. The number of aliphatic imine (C=N–C) groups is 1. The van der Waals surface area contributed by atoms with E-state index in [1.807, 2.05) is 55.5 Å². The molecule has 0 spiro atoms. The van der Waals surface area contributed by atoms with Crippen LogP contribution in [0.25, 0.3) is 0 Å². The number of anilines is 1. The van der Waals surface area contributed by atoms with E-state index < -0.39 is 0 Å². The van der Waals surface area contributed by atoms with Crippen LogP contribution in [0, 0.1) is 0 Å². The highest BCUT2D eigenvalue weighted by molar-refractivity contribution is 7.16. The number of nitrogens with zero attached hydrogens (tertiary/aromatic N) is 1. The average molecular weight is 489 g/mol. The van der Waals surface area contributed by atoms with Crippen LogP contribution in [0.4, 0.5) is 10.7 Å². The smallest absolute Gasteiger partial charge is 0.259 e. The highest BCUT2D eigenvalue weighted by Crippen LogP contribution is 2.39. The normalized spacial score (nSPS) is 13.5. The number of fused-ring (bicyclic) bond motifs is 1. The molecule has 2 aromatic carbocycles. The minimum atomic E-state index is -0.0930. The number of carbonyl (C=O) groups excluding carboxylic acids is 1. The Hall–Kier alpha value is -3.38. The molecule has 0 aliphatic heterocycles. The maximum Gasteiger partial charge on any atom is 0.259 e. The fourth-order valence-corrected chi connectivity index (χ4v) is 5.45. The van der Waals surface area contributed by atoms with E-state index in [1.54, 1.807) is 23.6 Å². The number of amides is 1. The maximum atomic E-state index is 13.4. The van der Waals surface area contributed by atoms with Crippen LogP contribution in [0.1, 0.15) is 59.0 Å². The molecular weight excluding hydrogens is 456 g/mol. The van der Waals surface area contributed by atoms with Crippen molar-refractivity contribution in [2.24, 2.45) is 4.99 Å². The number of ether oxygens (including phenoxy) is 2. The van der Waals surface area contributed by atoms with Crippen molar-refractivity contribution >= 4 is 34.1 Å². The van der Waals surface area contributed by atoms with Crippen LogP contribution in [0.15, 0.2) is 66.2 Å². The number of carbonyl (C=O) groups is 1. The third kappa shape index (κ3) is 6.40. The predicted molar refractivity (Wildman–Crippen MR) is 145 cm³/mol. The van der Waals surface area contributed by atoms with Gasteiger partial charge in [0, 0.05) is 16.8 Å². The zero-order valence-corrected chi connectivity index (χ0v) is 21.0. The van der Waals surface area contributed by atoms with Gasteiger partial charge in [-0.05, 0) is 74.1 Å². The molecule has 35 heavy (non-hydrogen) atoms. The van der Waals surface area contributed by atoms with Gasteiger partial charge in [-0.25, -0.2) is 4.99 Å². The summed E-state index contributed by atoms with van der Waals surface area (Å²) >= 11 is 1.65. The summed E-state index contributed by atoms with van der Waals surface area (Å²) in [5.41, 5.74) is 3.55.